The molecule has 0 radical (unpaired) electrons. The van der Waals surface area contributed by atoms with Crippen molar-refractivity contribution in [3.63, 3.8) is 0 Å². The van der Waals surface area contributed by atoms with Crippen molar-refractivity contribution in [3.05, 3.63) is 0 Å². The number of hydrogen-bond acceptors (Lipinski definition) is 2. The number of aliphatic hydroxyl groups excluding tert-OH is 1. The Balaban J connectivity index is 2.15. The van der Waals surface area contributed by atoms with Crippen LogP contribution in [-0.2, 0) is 4.74 Å². The van der Waals surface area contributed by atoms with Gasteiger partial charge in [0.1, 0.15) is 5.60 Å². The molecule has 1 aliphatic rings. The van der Waals surface area contributed by atoms with Gasteiger partial charge in [0.25, 0.3) is 0 Å². The van der Waals surface area contributed by atoms with Gasteiger partial charge >= 0.3 is 0 Å². The molecule has 0 saturated carbocycles. The first-order valence-electron chi connectivity index (χ1n) is 5.07. The van der Waals surface area contributed by atoms with Gasteiger partial charge in [0.2, 0.25) is 0 Å². The summed E-state index contributed by atoms with van der Waals surface area (Å²) >= 11 is 0. The van der Waals surface area contributed by atoms with Crippen molar-refractivity contribution >= 4 is 0 Å². The Labute approximate surface area is 74.9 Å². The topological polar surface area (TPSA) is 32.8 Å². The smallest absolute Gasteiger partial charge is 0.117 e. The predicted molar refractivity (Wildman–Crippen MR) is 49.1 cm³/mol. The Morgan fingerprint density at radius 3 is 2.50 bits per heavy atom. The van der Waals surface area contributed by atoms with Gasteiger partial charge in [0.15, 0.2) is 0 Å². The molecule has 1 saturated heterocycles. The fourth-order valence-electron chi connectivity index (χ4n) is 1.58. The molecule has 0 bridgehead atoms. The van der Waals surface area contributed by atoms with Crippen molar-refractivity contribution in [1.82, 2.24) is 0 Å². The number of aliphatic hydroxyl groups is 1. The molecule has 1 rings (SSSR count). The van der Waals surface area contributed by atoms with Crippen LogP contribution in [0.25, 0.3) is 0 Å². The zero-order valence-corrected chi connectivity index (χ0v) is 8.18. The van der Waals surface area contributed by atoms with Gasteiger partial charge in [-0.05, 0) is 12.8 Å². The number of epoxide rings is 1. The standard InChI is InChI=1S/C10H20O2/c1-3-5-6-7-9(11)10(4-2)8-12-10/h9,11H,3-8H2,1-2H3. The van der Waals surface area contributed by atoms with E-state index in [1.165, 1.54) is 12.8 Å². The summed E-state index contributed by atoms with van der Waals surface area (Å²) in [6, 6.07) is 0. The summed E-state index contributed by atoms with van der Waals surface area (Å²) in [4.78, 5) is 0. The molecule has 1 fully saturated rings. The highest BCUT2D eigenvalue weighted by Crippen LogP contribution is 2.36. The summed E-state index contributed by atoms with van der Waals surface area (Å²) in [5.74, 6) is 0. The fraction of sp³-hybridized carbons (Fsp3) is 1.00. The van der Waals surface area contributed by atoms with Crippen molar-refractivity contribution in [3.8, 4) is 0 Å². The maximum absolute atomic E-state index is 9.74. The zero-order valence-electron chi connectivity index (χ0n) is 8.18. The van der Waals surface area contributed by atoms with E-state index in [4.69, 9.17) is 4.74 Å². The van der Waals surface area contributed by atoms with Crippen molar-refractivity contribution in [2.24, 2.45) is 0 Å². The Hall–Kier alpha value is -0.0800. The minimum atomic E-state index is -0.228. The molecule has 0 aromatic rings. The molecule has 2 nitrogen and oxygen atoms in total. The van der Waals surface area contributed by atoms with Crippen molar-refractivity contribution in [2.45, 2.75) is 57.7 Å². The lowest BCUT2D eigenvalue weighted by Crippen LogP contribution is -2.28. The van der Waals surface area contributed by atoms with Gasteiger partial charge in [0, 0.05) is 0 Å². The minimum absolute atomic E-state index is 0.145. The SMILES string of the molecule is CCCCCC(O)C1(CC)CO1. The molecule has 2 heteroatoms. The van der Waals surface area contributed by atoms with Gasteiger partial charge in [-0.1, -0.05) is 33.1 Å². The normalized spacial score (nSPS) is 30.2. The Morgan fingerprint density at radius 2 is 2.08 bits per heavy atom. The number of unbranched alkanes of at least 4 members (excludes halogenated alkanes) is 2. The van der Waals surface area contributed by atoms with Crippen LogP contribution in [0.2, 0.25) is 0 Å². The van der Waals surface area contributed by atoms with Crippen LogP contribution in [0.4, 0.5) is 0 Å². The molecule has 0 aromatic carbocycles. The molecule has 72 valence electrons. The third-order valence-electron chi connectivity index (χ3n) is 2.80. The molecule has 0 amide bonds. The molecule has 1 N–H and O–H groups in total. The summed E-state index contributed by atoms with van der Waals surface area (Å²) in [6.45, 7) is 5.02. The lowest BCUT2D eigenvalue weighted by atomic mass is 9.96. The fourth-order valence-corrected chi connectivity index (χ4v) is 1.58. The lowest BCUT2D eigenvalue weighted by Gasteiger charge is -2.16. The molecule has 0 spiro atoms. The first kappa shape index (κ1) is 10.0. The molecule has 0 aromatic heterocycles. The molecule has 1 aliphatic heterocycles. The quantitative estimate of drug-likeness (QED) is 0.491. The summed E-state index contributed by atoms with van der Waals surface area (Å²) in [5, 5.41) is 9.74. The van der Waals surface area contributed by atoms with Gasteiger partial charge < -0.3 is 9.84 Å². The third kappa shape index (κ3) is 2.20. The Morgan fingerprint density at radius 1 is 1.42 bits per heavy atom. The van der Waals surface area contributed by atoms with Gasteiger partial charge in [-0.15, -0.1) is 0 Å². The van der Waals surface area contributed by atoms with E-state index in [0.717, 1.165) is 25.9 Å². The number of hydrogen-bond donors (Lipinski definition) is 1. The van der Waals surface area contributed by atoms with Crippen molar-refractivity contribution in [2.75, 3.05) is 6.61 Å². The second-order valence-corrected chi connectivity index (χ2v) is 3.72. The van der Waals surface area contributed by atoms with Crippen LogP contribution in [0.15, 0.2) is 0 Å². The Bertz CT molecular complexity index is 130. The average molecular weight is 172 g/mol. The maximum atomic E-state index is 9.74. The average Bonchev–Trinajstić information content (AvgIpc) is 2.85. The molecular weight excluding hydrogens is 152 g/mol. The first-order chi connectivity index (χ1) is 5.75. The zero-order chi connectivity index (χ0) is 9.03. The van der Waals surface area contributed by atoms with E-state index in [1.54, 1.807) is 0 Å². The van der Waals surface area contributed by atoms with Crippen molar-refractivity contribution in [1.29, 1.82) is 0 Å². The van der Waals surface area contributed by atoms with Crippen LogP contribution in [0.1, 0.15) is 46.0 Å². The van der Waals surface area contributed by atoms with E-state index >= 15 is 0 Å². The highest BCUT2D eigenvalue weighted by atomic mass is 16.6. The van der Waals surface area contributed by atoms with Gasteiger partial charge in [-0.25, -0.2) is 0 Å². The summed E-state index contributed by atoms with van der Waals surface area (Å²) in [7, 11) is 0. The predicted octanol–water partition coefficient (Wildman–Crippen LogP) is 2.11. The summed E-state index contributed by atoms with van der Waals surface area (Å²) in [6.07, 6.45) is 5.18. The van der Waals surface area contributed by atoms with E-state index in [-0.39, 0.29) is 11.7 Å². The molecule has 1 heterocycles. The van der Waals surface area contributed by atoms with E-state index in [0.29, 0.717) is 0 Å². The third-order valence-corrected chi connectivity index (χ3v) is 2.80. The largest absolute Gasteiger partial charge is 0.390 e. The Kier molecular flexibility index (Phi) is 3.53. The van der Waals surface area contributed by atoms with Gasteiger partial charge in [-0.2, -0.15) is 0 Å². The second-order valence-electron chi connectivity index (χ2n) is 3.72. The lowest BCUT2D eigenvalue weighted by molar-refractivity contribution is 0.0632. The molecule has 2 atom stereocenters. The minimum Gasteiger partial charge on any atom is -0.390 e. The molecule has 0 aliphatic carbocycles. The van der Waals surface area contributed by atoms with E-state index in [1.807, 2.05) is 0 Å². The summed E-state index contributed by atoms with van der Waals surface area (Å²) in [5.41, 5.74) is -0.145. The maximum Gasteiger partial charge on any atom is 0.117 e. The monoisotopic (exact) mass is 172 g/mol. The molecule has 2 unspecified atom stereocenters. The summed E-state index contributed by atoms with van der Waals surface area (Å²) < 4.78 is 5.29. The van der Waals surface area contributed by atoms with Crippen molar-refractivity contribution < 1.29 is 9.84 Å². The number of rotatable bonds is 6. The van der Waals surface area contributed by atoms with Crippen LogP contribution in [0, 0.1) is 0 Å². The van der Waals surface area contributed by atoms with Crippen LogP contribution >= 0.6 is 0 Å². The second kappa shape index (κ2) is 4.24. The van der Waals surface area contributed by atoms with E-state index in [2.05, 4.69) is 13.8 Å². The van der Waals surface area contributed by atoms with Crippen LogP contribution in [-0.4, -0.2) is 23.4 Å². The molecule has 12 heavy (non-hydrogen) atoms. The molecular formula is C10H20O2. The van der Waals surface area contributed by atoms with Gasteiger partial charge in [0.05, 0.1) is 12.7 Å². The van der Waals surface area contributed by atoms with Gasteiger partial charge in [-0.3, -0.25) is 0 Å². The van der Waals surface area contributed by atoms with Crippen LogP contribution < -0.4 is 0 Å². The highest BCUT2D eigenvalue weighted by Gasteiger charge is 2.48. The highest BCUT2D eigenvalue weighted by molar-refractivity contribution is 4.97. The first-order valence-corrected chi connectivity index (χ1v) is 5.07. The van der Waals surface area contributed by atoms with Crippen LogP contribution in [0.3, 0.4) is 0 Å². The van der Waals surface area contributed by atoms with E-state index in [9.17, 15) is 5.11 Å². The number of ether oxygens (including phenoxy) is 1. The van der Waals surface area contributed by atoms with E-state index < -0.39 is 0 Å². The van der Waals surface area contributed by atoms with Crippen LogP contribution in [0.5, 0.6) is 0 Å².